The normalized spacial score (nSPS) is 9.62. The third-order valence-corrected chi connectivity index (χ3v) is 1.08. The quantitative estimate of drug-likeness (QED) is 0.508. The van der Waals surface area contributed by atoms with Gasteiger partial charge in [0.15, 0.2) is 0 Å². The number of nitrogens with zero attached hydrogens (tertiary/aromatic N) is 1. The number of aryl methyl sites for hydroxylation is 1. The van der Waals surface area contributed by atoms with E-state index in [2.05, 4.69) is 17.6 Å². The van der Waals surface area contributed by atoms with E-state index in [1.165, 1.54) is 6.42 Å². The molecule has 0 radical (unpaired) electrons. The standard InChI is InChI=1S/C7H10N/c1-2-5-8-6-3-4-7-8/h3,6-7H,2,5H2,1H3/q-1. The van der Waals surface area contributed by atoms with Gasteiger partial charge in [0.2, 0.25) is 0 Å². The maximum atomic E-state index is 2.98. The maximum absolute atomic E-state index is 2.98. The first-order valence-electron chi connectivity index (χ1n) is 2.95. The van der Waals surface area contributed by atoms with Crippen LogP contribution < -0.4 is 0 Å². The minimum absolute atomic E-state index is 1.11. The van der Waals surface area contributed by atoms with E-state index in [0.29, 0.717) is 0 Å². The van der Waals surface area contributed by atoms with E-state index in [0.717, 1.165) is 6.54 Å². The van der Waals surface area contributed by atoms with Gasteiger partial charge >= 0.3 is 0 Å². The van der Waals surface area contributed by atoms with Crippen LogP contribution in [-0.2, 0) is 6.54 Å². The summed E-state index contributed by atoms with van der Waals surface area (Å²) >= 11 is 0. The Morgan fingerprint density at radius 1 is 1.62 bits per heavy atom. The second-order valence-corrected chi connectivity index (χ2v) is 1.85. The van der Waals surface area contributed by atoms with Gasteiger partial charge in [0.05, 0.1) is 0 Å². The third kappa shape index (κ3) is 1.12. The first-order chi connectivity index (χ1) is 3.93. The number of hydrogen-bond donors (Lipinski definition) is 0. The highest BCUT2D eigenvalue weighted by Crippen LogP contribution is 1.89. The molecule has 1 aromatic heterocycles. The molecule has 1 nitrogen and oxygen atoms in total. The van der Waals surface area contributed by atoms with Crippen molar-refractivity contribution < 1.29 is 0 Å². The summed E-state index contributed by atoms with van der Waals surface area (Å²) in [5.74, 6) is 0. The van der Waals surface area contributed by atoms with Gasteiger partial charge < -0.3 is 4.57 Å². The average Bonchev–Trinajstić information content (AvgIpc) is 2.19. The van der Waals surface area contributed by atoms with Crippen LogP contribution in [0.1, 0.15) is 13.3 Å². The topological polar surface area (TPSA) is 4.93 Å². The predicted molar refractivity (Wildman–Crippen MR) is 33.6 cm³/mol. The van der Waals surface area contributed by atoms with E-state index in [1.54, 1.807) is 0 Å². The highest BCUT2D eigenvalue weighted by molar-refractivity contribution is 4.87. The molecule has 1 rings (SSSR count). The fourth-order valence-corrected chi connectivity index (χ4v) is 0.718. The van der Waals surface area contributed by atoms with Crippen molar-refractivity contribution in [3.05, 3.63) is 24.5 Å². The van der Waals surface area contributed by atoms with E-state index in [4.69, 9.17) is 0 Å². The molecule has 44 valence electrons. The van der Waals surface area contributed by atoms with Crippen LogP contribution in [0.3, 0.4) is 0 Å². The molecular weight excluding hydrogens is 98.1 g/mol. The van der Waals surface area contributed by atoms with Crippen molar-refractivity contribution in [1.82, 2.24) is 4.57 Å². The summed E-state index contributed by atoms with van der Waals surface area (Å²) in [6.45, 7) is 3.28. The lowest BCUT2D eigenvalue weighted by Crippen LogP contribution is -1.89. The van der Waals surface area contributed by atoms with Crippen LogP contribution in [0.5, 0.6) is 0 Å². The van der Waals surface area contributed by atoms with Crippen molar-refractivity contribution in [2.45, 2.75) is 19.9 Å². The fourth-order valence-electron chi connectivity index (χ4n) is 0.718. The van der Waals surface area contributed by atoms with Crippen molar-refractivity contribution >= 4 is 0 Å². The second-order valence-electron chi connectivity index (χ2n) is 1.85. The fraction of sp³-hybridized carbons (Fsp3) is 0.429. The highest BCUT2D eigenvalue weighted by atomic mass is 14.9. The smallest absolute Gasteiger partial charge is 0.00252 e. The van der Waals surface area contributed by atoms with Crippen molar-refractivity contribution in [2.24, 2.45) is 0 Å². The Labute approximate surface area is 49.9 Å². The molecule has 0 saturated heterocycles. The van der Waals surface area contributed by atoms with Gasteiger partial charge in [-0.2, -0.15) is 0 Å². The summed E-state index contributed by atoms with van der Waals surface area (Å²) in [5.41, 5.74) is 0. The van der Waals surface area contributed by atoms with Crippen LogP contribution in [0.4, 0.5) is 0 Å². The monoisotopic (exact) mass is 108 g/mol. The molecule has 0 aliphatic rings. The van der Waals surface area contributed by atoms with Crippen molar-refractivity contribution in [2.75, 3.05) is 0 Å². The molecule has 0 atom stereocenters. The van der Waals surface area contributed by atoms with Gasteiger partial charge in [0.1, 0.15) is 0 Å². The zero-order valence-corrected chi connectivity index (χ0v) is 5.09. The van der Waals surface area contributed by atoms with Gasteiger partial charge in [-0.15, -0.1) is 12.4 Å². The summed E-state index contributed by atoms with van der Waals surface area (Å²) in [6, 6.07) is 4.90. The molecule has 0 aliphatic heterocycles. The van der Waals surface area contributed by atoms with Crippen molar-refractivity contribution in [3.63, 3.8) is 0 Å². The third-order valence-electron chi connectivity index (χ3n) is 1.08. The molecule has 0 fully saturated rings. The SMILES string of the molecule is CCCn1c[c-]cc1. The van der Waals surface area contributed by atoms with Gasteiger partial charge in [-0.3, -0.25) is 0 Å². The van der Waals surface area contributed by atoms with Crippen LogP contribution in [0, 0.1) is 6.07 Å². The Morgan fingerprint density at radius 3 is 3.00 bits per heavy atom. The molecule has 0 N–H and O–H groups in total. The predicted octanol–water partition coefficient (Wildman–Crippen LogP) is 1.70. The largest absolute Gasteiger partial charge is 0.448 e. The van der Waals surface area contributed by atoms with Crippen LogP contribution in [-0.4, -0.2) is 4.57 Å². The summed E-state index contributed by atoms with van der Waals surface area (Å²) in [5, 5.41) is 0. The zero-order valence-electron chi connectivity index (χ0n) is 5.09. The Morgan fingerprint density at radius 2 is 2.50 bits per heavy atom. The van der Waals surface area contributed by atoms with E-state index in [1.807, 2.05) is 18.5 Å². The summed E-state index contributed by atoms with van der Waals surface area (Å²) in [7, 11) is 0. The second kappa shape index (κ2) is 2.55. The Balaban J connectivity index is 2.50. The van der Waals surface area contributed by atoms with Gasteiger partial charge in [-0.25, -0.2) is 12.1 Å². The van der Waals surface area contributed by atoms with Gasteiger partial charge in [-0.05, 0) is 6.42 Å². The Bertz CT molecular complexity index is 130. The number of aromatic nitrogens is 1. The summed E-state index contributed by atoms with van der Waals surface area (Å²) in [6.07, 6.45) is 5.19. The van der Waals surface area contributed by atoms with Crippen molar-refractivity contribution in [1.29, 1.82) is 0 Å². The molecule has 0 saturated carbocycles. The molecule has 0 amide bonds. The van der Waals surface area contributed by atoms with E-state index in [9.17, 15) is 0 Å². The van der Waals surface area contributed by atoms with Crippen LogP contribution >= 0.6 is 0 Å². The van der Waals surface area contributed by atoms with Gasteiger partial charge in [0, 0.05) is 6.54 Å². The van der Waals surface area contributed by atoms with Crippen LogP contribution in [0.15, 0.2) is 18.5 Å². The number of rotatable bonds is 2. The van der Waals surface area contributed by atoms with E-state index < -0.39 is 0 Å². The zero-order chi connectivity index (χ0) is 5.82. The molecule has 8 heavy (non-hydrogen) atoms. The lowest BCUT2D eigenvalue weighted by Gasteiger charge is -2.01. The van der Waals surface area contributed by atoms with Gasteiger partial charge in [0.25, 0.3) is 0 Å². The Hall–Kier alpha value is -0.720. The average molecular weight is 108 g/mol. The van der Waals surface area contributed by atoms with Gasteiger partial charge in [-0.1, -0.05) is 6.92 Å². The molecule has 1 heteroatoms. The molecule has 1 aromatic rings. The number of hydrogen-bond acceptors (Lipinski definition) is 0. The molecule has 0 aliphatic carbocycles. The van der Waals surface area contributed by atoms with Crippen LogP contribution in [0.2, 0.25) is 0 Å². The minimum atomic E-state index is 1.11. The van der Waals surface area contributed by atoms with E-state index in [-0.39, 0.29) is 0 Å². The molecular formula is C7H10N-. The summed E-state index contributed by atoms with van der Waals surface area (Å²) in [4.78, 5) is 0. The highest BCUT2D eigenvalue weighted by Gasteiger charge is 1.73. The van der Waals surface area contributed by atoms with E-state index >= 15 is 0 Å². The Kier molecular flexibility index (Phi) is 1.73. The lowest BCUT2D eigenvalue weighted by atomic mass is 10.5. The molecule has 0 unspecified atom stereocenters. The molecule has 0 bridgehead atoms. The van der Waals surface area contributed by atoms with Crippen LogP contribution in [0.25, 0.3) is 0 Å². The molecule has 1 heterocycles. The first kappa shape index (κ1) is 5.42. The summed E-state index contributed by atoms with van der Waals surface area (Å²) < 4.78 is 2.12. The first-order valence-corrected chi connectivity index (χ1v) is 2.95. The minimum Gasteiger partial charge on any atom is -0.448 e. The lowest BCUT2D eigenvalue weighted by molar-refractivity contribution is 0.683. The van der Waals surface area contributed by atoms with Crippen molar-refractivity contribution in [3.8, 4) is 0 Å². The molecule has 0 aromatic carbocycles. The molecule has 0 spiro atoms. The maximum Gasteiger partial charge on any atom is 0.00252 e.